The van der Waals surface area contributed by atoms with Gasteiger partial charge in [0.1, 0.15) is 13.7 Å². The lowest BCUT2D eigenvalue weighted by molar-refractivity contribution is 0.583. The third kappa shape index (κ3) is 4.27. The van der Waals surface area contributed by atoms with E-state index in [2.05, 4.69) is 28.1 Å². The first-order valence-electron chi connectivity index (χ1n) is 11.1. The van der Waals surface area contributed by atoms with E-state index in [1.165, 1.54) is 0 Å². The average Bonchev–Trinajstić information content (AvgIpc) is 3.22. The van der Waals surface area contributed by atoms with Crippen LogP contribution in [0.4, 0.5) is 5.82 Å². The standard InChI is InChI=1S/C25H24BN5O2S/c1-17-6-2-5-9-21(17)23-15-24(31-25(30-23)22(26)16-28-31)27-12-13-29-34(32,33)20-11-10-18-7-3-4-8-19(18)14-20/h2-11,14-16,27,29H,12-13,26H2,1H3. The number of nitrogens with one attached hydrogen (secondary N) is 2. The Morgan fingerprint density at radius 2 is 1.71 bits per heavy atom. The van der Waals surface area contributed by atoms with Crippen molar-refractivity contribution < 1.29 is 8.42 Å². The fraction of sp³-hybridized carbons (Fsp3) is 0.120. The summed E-state index contributed by atoms with van der Waals surface area (Å²) in [7, 11) is -1.66. The van der Waals surface area contributed by atoms with Gasteiger partial charge in [0.15, 0.2) is 5.65 Å². The summed E-state index contributed by atoms with van der Waals surface area (Å²) in [5.74, 6) is 0.751. The van der Waals surface area contributed by atoms with Gasteiger partial charge < -0.3 is 5.32 Å². The second-order valence-electron chi connectivity index (χ2n) is 8.24. The third-order valence-electron chi connectivity index (χ3n) is 5.82. The minimum absolute atomic E-state index is 0.221. The zero-order valence-corrected chi connectivity index (χ0v) is 19.8. The van der Waals surface area contributed by atoms with Crippen LogP contribution >= 0.6 is 0 Å². The molecule has 0 aliphatic heterocycles. The molecule has 5 aromatic rings. The van der Waals surface area contributed by atoms with E-state index in [9.17, 15) is 8.42 Å². The van der Waals surface area contributed by atoms with Crippen molar-refractivity contribution in [1.82, 2.24) is 19.3 Å². The van der Waals surface area contributed by atoms with Gasteiger partial charge in [-0.3, -0.25) is 0 Å². The molecular formula is C25H24BN5O2S. The number of benzene rings is 3. The predicted molar refractivity (Wildman–Crippen MR) is 139 cm³/mol. The highest BCUT2D eigenvalue weighted by molar-refractivity contribution is 7.89. The molecule has 0 amide bonds. The summed E-state index contributed by atoms with van der Waals surface area (Å²) in [6.45, 7) is 2.66. The second-order valence-corrected chi connectivity index (χ2v) is 10.0. The molecule has 0 radical (unpaired) electrons. The van der Waals surface area contributed by atoms with Crippen LogP contribution in [0.3, 0.4) is 0 Å². The average molecular weight is 469 g/mol. The smallest absolute Gasteiger partial charge is 0.240 e. The van der Waals surface area contributed by atoms with E-state index < -0.39 is 10.0 Å². The highest BCUT2D eigenvalue weighted by Crippen LogP contribution is 2.24. The second kappa shape index (κ2) is 8.93. The maximum atomic E-state index is 12.8. The van der Waals surface area contributed by atoms with Crippen LogP contribution in [0.25, 0.3) is 27.7 Å². The Bertz CT molecular complexity index is 1610. The number of aryl methyl sites for hydroxylation is 1. The van der Waals surface area contributed by atoms with Gasteiger partial charge >= 0.3 is 0 Å². The number of rotatable bonds is 7. The van der Waals surface area contributed by atoms with Gasteiger partial charge in [0.25, 0.3) is 0 Å². The largest absolute Gasteiger partial charge is 0.369 e. The monoisotopic (exact) mass is 469 g/mol. The Hall–Kier alpha value is -3.69. The number of nitrogens with zero attached hydrogens (tertiary/aromatic N) is 3. The van der Waals surface area contributed by atoms with Gasteiger partial charge in [0.05, 0.1) is 10.6 Å². The van der Waals surface area contributed by atoms with Crippen LogP contribution < -0.4 is 15.5 Å². The van der Waals surface area contributed by atoms with Crippen molar-refractivity contribution in [3.63, 3.8) is 0 Å². The molecule has 0 atom stereocenters. The third-order valence-corrected chi connectivity index (χ3v) is 7.28. The quantitative estimate of drug-likeness (QED) is 0.283. The Labute approximate surface area is 199 Å². The molecule has 9 heteroatoms. The molecule has 2 aromatic heterocycles. The maximum absolute atomic E-state index is 12.8. The highest BCUT2D eigenvalue weighted by atomic mass is 32.2. The van der Waals surface area contributed by atoms with Gasteiger partial charge in [-0.05, 0) is 40.9 Å². The van der Waals surface area contributed by atoms with Crippen molar-refractivity contribution in [3.05, 3.63) is 84.6 Å². The Balaban J connectivity index is 1.34. The van der Waals surface area contributed by atoms with Gasteiger partial charge in [-0.15, -0.1) is 0 Å². The van der Waals surface area contributed by atoms with Crippen LogP contribution in [-0.4, -0.2) is 44.0 Å². The molecule has 170 valence electrons. The summed E-state index contributed by atoms with van der Waals surface area (Å²) in [5.41, 5.74) is 4.75. The molecule has 0 bridgehead atoms. The van der Waals surface area contributed by atoms with Crippen molar-refractivity contribution in [2.24, 2.45) is 0 Å². The predicted octanol–water partition coefficient (Wildman–Crippen LogP) is 2.51. The van der Waals surface area contributed by atoms with Crippen LogP contribution in [0.15, 0.2) is 83.9 Å². The number of aromatic nitrogens is 3. The van der Waals surface area contributed by atoms with E-state index in [0.29, 0.717) is 6.54 Å². The number of hydrogen-bond donors (Lipinski definition) is 2. The SMILES string of the molecule is Bc1cnn2c(NCCNS(=O)(=O)c3ccc4ccccc4c3)cc(-c3ccccc3C)nc12. The topological polar surface area (TPSA) is 88.4 Å². The van der Waals surface area contributed by atoms with Crippen LogP contribution in [0, 0.1) is 6.92 Å². The lowest BCUT2D eigenvalue weighted by atomic mass is 10.00. The molecule has 0 aliphatic rings. The van der Waals surface area contributed by atoms with Crippen LogP contribution in [-0.2, 0) is 10.0 Å². The van der Waals surface area contributed by atoms with Gasteiger partial charge in [-0.2, -0.15) is 9.61 Å². The Kier molecular flexibility index (Phi) is 5.81. The fourth-order valence-corrected chi connectivity index (χ4v) is 5.06. The zero-order chi connectivity index (χ0) is 23.7. The molecule has 0 aliphatic carbocycles. The van der Waals surface area contributed by atoms with E-state index in [1.807, 2.05) is 62.4 Å². The van der Waals surface area contributed by atoms with E-state index in [0.717, 1.165) is 44.5 Å². The Morgan fingerprint density at radius 1 is 0.941 bits per heavy atom. The number of anilines is 1. The molecule has 34 heavy (non-hydrogen) atoms. The van der Waals surface area contributed by atoms with Gasteiger partial charge in [0.2, 0.25) is 10.0 Å². The first-order valence-corrected chi connectivity index (χ1v) is 12.5. The van der Waals surface area contributed by atoms with Crippen molar-refractivity contribution >= 4 is 45.6 Å². The molecule has 0 fully saturated rings. The van der Waals surface area contributed by atoms with E-state index >= 15 is 0 Å². The molecular weight excluding hydrogens is 445 g/mol. The highest BCUT2D eigenvalue weighted by Gasteiger charge is 2.15. The van der Waals surface area contributed by atoms with Crippen molar-refractivity contribution in [3.8, 4) is 11.3 Å². The molecule has 0 saturated carbocycles. The van der Waals surface area contributed by atoms with E-state index in [4.69, 9.17) is 4.98 Å². The summed E-state index contributed by atoms with van der Waals surface area (Å²) >= 11 is 0. The summed E-state index contributed by atoms with van der Waals surface area (Å²) in [6.07, 6.45) is 1.78. The first kappa shape index (κ1) is 22.1. The minimum atomic E-state index is -3.63. The van der Waals surface area contributed by atoms with Gasteiger partial charge in [-0.1, -0.05) is 54.6 Å². The van der Waals surface area contributed by atoms with Crippen molar-refractivity contribution in [2.75, 3.05) is 18.4 Å². The molecule has 2 N–H and O–H groups in total. The molecule has 0 saturated heterocycles. The van der Waals surface area contributed by atoms with Crippen LogP contribution in [0.2, 0.25) is 0 Å². The minimum Gasteiger partial charge on any atom is -0.369 e. The molecule has 2 heterocycles. The Morgan fingerprint density at radius 3 is 2.53 bits per heavy atom. The van der Waals surface area contributed by atoms with Gasteiger partial charge in [0, 0.05) is 30.9 Å². The van der Waals surface area contributed by atoms with Crippen molar-refractivity contribution in [2.45, 2.75) is 11.8 Å². The van der Waals surface area contributed by atoms with Crippen molar-refractivity contribution in [1.29, 1.82) is 0 Å². The lowest BCUT2D eigenvalue weighted by Gasteiger charge is -2.13. The normalized spacial score (nSPS) is 11.8. The summed E-state index contributed by atoms with van der Waals surface area (Å²) < 4.78 is 30.1. The lowest BCUT2D eigenvalue weighted by Crippen LogP contribution is -2.29. The first-order chi connectivity index (χ1) is 16.4. The molecule has 5 rings (SSSR count). The van der Waals surface area contributed by atoms with E-state index in [1.54, 1.807) is 22.8 Å². The number of sulfonamides is 1. The number of hydrogen-bond acceptors (Lipinski definition) is 5. The van der Waals surface area contributed by atoms with Crippen LogP contribution in [0.1, 0.15) is 5.56 Å². The van der Waals surface area contributed by atoms with Gasteiger partial charge in [-0.25, -0.2) is 18.1 Å². The molecule has 3 aromatic carbocycles. The molecule has 7 nitrogen and oxygen atoms in total. The summed E-state index contributed by atoms with van der Waals surface area (Å²) in [6, 6.07) is 22.9. The fourth-order valence-electron chi connectivity index (χ4n) is 3.99. The summed E-state index contributed by atoms with van der Waals surface area (Å²) in [5, 5.41) is 9.64. The maximum Gasteiger partial charge on any atom is 0.240 e. The van der Waals surface area contributed by atoms with Crippen LogP contribution in [0.5, 0.6) is 0 Å². The summed E-state index contributed by atoms with van der Waals surface area (Å²) in [4.78, 5) is 5.06. The zero-order valence-electron chi connectivity index (χ0n) is 19.0. The molecule has 0 unspecified atom stereocenters. The van der Waals surface area contributed by atoms with E-state index in [-0.39, 0.29) is 11.4 Å². The number of fused-ring (bicyclic) bond motifs is 2. The molecule has 0 spiro atoms.